The summed E-state index contributed by atoms with van der Waals surface area (Å²) in [7, 11) is 3.13. The Hall–Kier alpha value is -1.30. The zero-order valence-corrected chi connectivity index (χ0v) is 11.1. The lowest BCUT2D eigenvalue weighted by Gasteiger charge is -2.36. The number of hydrogen-bond donors (Lipinski definition) is 2. The lowest BCUT2D eigenvalue weighted by Crippen LogP contribution is -2.52. The fourth-order valence-corrected chi connectivity index (χ4v) is 1.19. The van der Waals surface area contributed by atoms with E-state index in [1.165, 1.54) is 9.80 Å². The van der Waals surface area contributed by atoms with Gasteiger partial charge in [-0.25, -0.2) is 4.79 Å². The highest BCUT2D eigenvalue weighted by molar-refractivity contribution is 5.76. The molecule has 0 aliphatic heterocycles. The van der Waals surface area contributed by atoms with E-state index < -0.39 is 17.4 Å². The van der Waals surface area contributed by atoms with E-state index in [-0.39, 0.29) is 19.2 Å². The normalized spacial score (nSPS) is 13.1. The van der Waals surface area contributed by atoms with Crippen molar-refractivity contribution < 1.29 is 19.8 Å². The first kappa shape index (κ1) is 15.7. The molecular weight excluding hydrogens is 224 g/mol. The van der Waals surface area contributed by atoms with Crippen molar-refractivity contribution in [3.63, 3.8) is 0 Å². The van der Waals surface area contributed by atoms with Gasteiger partial charge >= 0.3 is 12.0 Å². The highest BCUT2D eigenvalue weighted by Crippen LogP contribution is 2.13. The quantitative estimate of drug-likeness (QED) is 0.738. The van der Waals surface area contributed by atoms with Gasteiger partial charge in [0.1, 0.15) is 0 Å². The highest BCUT2D eigenvalue weighted by Gasteiger charge is 2.29. The third-order valence-corrected chi connectivity index (χ3v) is 2.88. The number of amides is 2. The number of likely N-dealkylation sites (N-methyl/N-ethyl adjacent to an activating group) is 1. The van der Waals surface area contributed by atoms with Gasteiger partial charge in [-0.15, -0.1) is 0 Å². The molecule has 0 saturated carbocycles. The second-order valence-corrected chi connectivity index (χ2v) is 4.93. The van der Waals surface area contributed by atoms with Gasteiger partial charge < -0.3 is 20.0 Å². The van der Waals surface area contributed by atoms with Gasteiger partial charge in [0.2, 0.25) is 0 Å². The first-order chi connectivity index (χ1) is 7.63. The molecule has 6 heteroatoms. The lowest BCUT2D eigenvalue weighted by molar-refractivity contribution is -0.141. The summed E-state index contributed by atoms with van der Waals surface area (Å²) in [5.41, 5.74) is -0.669. The van der Waals surface area contributed by atoms with Crippen LogP contribution in [0.3, 0.4) is 0 Å². The van der Waals surface area contributed by atoms with Crippen LogP contribution in [-0.4, -0.2) is 64.8 Å². The average Bonchev–Trinajstić information content (AvgIpc) is 2.26. The van der Waals surface area contributed by atoms with Gasteiger partial charge in [-0.05, 0) is 13.8 Å². The number of carbonyl (C=O) groups is 2. The smallest absolute Gasteiger partial charge is 0.320 e. The van der Waals surface area contributed by atoms with Gasteiger partial charge in [0.25, 0.3) is 0 Å². The summed E-state index contributed by atoms with van der Waals surface area (Å²) in [6.07, 6.45) is 0. The van der Waals surface area contributed by atoms with Crippen molar-refractivity contribution in [2.75, 3.05) is 27.2 Å². The number of hydrogen-bond acceptors (Lipinski definition) is 3. The van der Waals surface area contributed by atoms with Crippen LogP contribution in [-0.2, 0) is 4.79 Å². The summed E-state index contributed by atoms with van der Waals surface area (Å²) >= 11 is 0. The molecule has 0 aromatic rings. The molecule has 2 amide bonds. The molecule has 0 aromatic carbocycles. The number of nitrogens with zero attached hydrogens (tertiary/aromatic N) is 2. The van der Waals surface area contributed by atoms with E-state index >= 15 is 0 Å². The van der Waals surface area contributed by atoms with Crippen LogP contribution in [0.4, 0.5) is 4.79 Å². The fourth-order valence-electron chi connectivity index (χ4n) is 1.19. The molecule has 0 aliphatic rings. The Balaban J connectivity index is 4.56. The van der Waals surface area contributed by atoms with E-state index in [0.717, 1.165) is 0 Å². The number of carboxylic acid groups (broad SMARTS) is 1. The average molecular weight is 246 g/mol. The summed E-state index contributed by atoms with van der Waals surface area (Å²) in [6, 6.07) is -0.308. The third-order valence-electron chi connectivity index (χ3n) is 2.88. The molecule has 0 saturated heterocycles. The number of aliphatic carboxylic acids is 1. The molecule has 0 heterocycles. The molecule has 100 valence electrons. The van der Waals surface area contributed by atoms with Gasteiger partial charge in [-0.2, -0.15) is 0 Å². The van der Waals surface area contributed by atoms with Crippen molar-refractivity contribution in [3.8, 4) is 0 Å². The number of urea groups is 1. The minimum Gasteiger partial charge on any atom is -0.481 e. The van der Waals surface area contributed by atoms with Crippen molar-refractivity contribution in [3.05, 3.63) is 0 Å². The molecule has 1 unspecified atom stereocenters. The van der Waals surface area contributed by atoms with E-state index in [4.69, 9.17) is 10.2 Å². The Labute approximate surface area is 102 Å². The Morgan fingerprint density at radius 2 is 1.76 bits per heavy atom. The molecule has 1 atom stereocenters. The number of carbonyl (C=O) groups excluding carboxylic acids is 1. The SMILES string of the molecule is CC(CN(C)C(=O)N(C)C(C)(C)CO)C(=O)O. The van der Waals surface area contributed by atoms with E-state index in [1.54, 1.807) is 34.9 Å². The van der Waals surface area contributed by atoms with Crippen molar-refractivity contribution in [2.24, 2.45) is 5.92 Å². The molecule has 0 fully saturated rings. The number of aliphatic hydroxyl groups is 1. The largest absolute Gasteiger partial charge is 0.481 e. The molecule has 0 spiro atoms. The summed E-state index contributed by atoms with van der Waals surface area (Å²) in [5, 5.41) is 17.9. The Bertz CT molecular complexity index is 291. The first-order valence-electron chi connectivity index (χ1n) is 5.46. The second kappa shape index (κ2) is 5.86. The maximum Gasteiger partial charge on any atom is 0.320 e. The Morgan fingerprint density at radius 1 is 1.29 bits per heavy atom. The third kappa shape index (κ3) is 4.22. The first-order valence-corrected chi connectivity index (χ1v) is 5.46. The van der Waals surface area contributed by atoms with E-state index in [2.05, 4.69) is 0 Å². The van der Waals surface area contributed by atoms with Crippen LogP contribution in [0.1, 0.15) is 20.8 Å². The van der Waals surface area contributed by atoms with Crippen LogP contribution >= 0.6 is 0 Å². The van der Waals surface area contributed by atoms with Crippen LogP contribution in [0.15, 0.2) is 0 Å². The van der Waals surface area contributed by atoms with Gasteiger partial charge in [-0.3, -0.25) is 4.79 Å². The van der Waals surface area contributed by atoms with Crippen molar-refractivity contribution in [1.82, 2.24) is 9.80 Å². The highest BCUT2D eigenvalue weighted by atomic mass is 16.4. The van der Waals surface area contributed by atoms with E-state index in [0.29, 0.717) is 0 Å². The topological polar surface area (TPSA) is 81.1 Å². The van der Waals surface area contributed by atoms with Crippen LogP contribution in [0, 0.1) is 5.92 Å². The second-order valence-electron chi connectivity index (χ2n) is 4.93. The Kier molecular flexibility index (Phi) is 5.41. The minimum absolute atomic E-state index is 0.139. The predicted molar refractivity (Wildman–Crippen MR) is 63.8 cm³/mol. The van der Waals surface area contributed by atoms with Crippen molar-refractivity contribution in [2.45, 2.75) is 26.3 Å². The molecule has 17 heavy (non-hydrogen) atoms. The molecule has 0 bridgehead atoms. The van der Waals surface area contributed by atoms with Crippen LogP contribution < -0.4 is 0 Å². The molecule has 0 radical (unpaired) electrons. The van der Waals surface area contributed by atoms with Crippen LogP contribution in [0.25, 0.3) is 0 Å². The van der Waals surface area contributed by atoms with Crippen LogP contribution in [0.5, 0.6) is 0 Å². The summed E-state index contributed by atoms with van der Waals surface area (Å²) in [4.78, 5) is 25.4. The van der Waals surface area contributed by atoms with Gasteiger partial charge in [0.15, 0.2) is 0 Å². The molecule has 6 nitrogen and oxygen atoms in total. The number of aliphatic hydroxyl groups excluding tert-OH is 1. The van der Waals surface area contributed by atoms with E-state index in [9.17, 15) is 9.59 Å². The van der Waals surface area contributed by atoms with Gasteiger partial charge in [0.05, 0.1) is 18.1 Å². The summed E-state index contributed by atoms with van der Waals surface area (Å²) in [5.74, 6) is -1.55. The van der Waals surface area contributed by atoms with Crippen LogP contribution in [0.2, 0.25) is 0 Å². The lowest BCUT2D eigenvalue weighted by atomic mass is 10.1. The standard InChI is InChI=1S/C11H22N2O4/c1-8(9(15)16)6-12(4)10(17)13(5)11(2,3)7-14/h8,14H,6-7H2,1-5H3,(H,15,16). The summed E-state index contributed by atoms with van der Waals surface area (Å²) < 4.78 is 0. The number of carboxylic acids is 1. The zero-order valence-electron chi connectivity index (χ0n) is 11.1. The zero-order chi connectivity index (χ0) is 13.8. The predicted octanol–water partition coefficient (Wildman–Crippen LogP) is 0.462. The monoisotopic (exact) mass is 246 g/mol. The Morgan fingerprint density at radius 3 is 2.12 bits per heavy atom. The van der Waals surface area contributed by atoms with Gasteiger partial charge in [0, 0.05) is 20.6 Å². The number of rotatable bonds is 5. The fraction of sp³-hybridized carbons (Fsp3) is 0.818. The molecule has 0 rings (SSSR count). The maximum absolute atomic E-state index is 12.0. The maximum atomic E-state index is 12.0. The molecule has 0 aliphatic carbocycles. The van der Waals surface area contributed by atoms with Crippen molar-refractivity contribution >= 4 is 12.0 Å². The van der Waals surface area contributed by atoms with Crippen molar-refractivity contribution in [1.29, 1.82) is 0 Å². The molecule has 2 N–H and O–H groups in total. The molecular formula is C11H22N2O4. The molecule has 0 aromatic heterocycles. The minimum atomic E-state index is -0.936. The van der Waals surface area contributed by atoms with E-state index in [1.807, 2.05) is 0 Å². The summed E-state index contributed by atoms with van der Waals surface area (Å²) in [6.45, 7) is 5.00. The van der Waals surface area contributed by atoms with Gasteiger partial charge in [-0.1, -0.05) is 6.92 Å².